The third-order valence-corrected chi connectivity index (χ3v) is 3.32. The monoisotopic (exact) mass is 247 g/mol. The van der Waals surface area contributed by atoms with Crippen molar-refractivity contribution >= 4 is 11.0 Å². The minimum Gasteiger partial charge on any atom is -0.458 e. The quantitative estimate of drug-likeness (QED) is 0.881. The number of likely N-dealkylation sites (N-methyl/N-ethyl adjacent to an activating group) is 1. The smallest absolute Gasteiger partial charge is 0.135 e. The standard InChI is InChI=1S/C15H21NO2/c1-4-16(11(2)3)10-13(17)15-9-12-7-5-6-8-14(12)18-15/h5-9,11,13,17H,4,10H2,1-3H3. The predicted molar refractivity (Wildman–Crippen MR) is 73.6 cm³/mol. The van der Waals surface area contributed by atoms with E-state index in [4.69, 9.17) is 4.42 Å². The van der Waals surface area contributed by atoms with E-state index in [9.17, 15) is 5.11 Å². The first-order valence-corrected chi connectivity index (χ1v) is 6.52. The van der Waals surface area contributed by atoms with Gasteiger partial charge in [-0.1, -0.05) is 25.1 Å². The number of furan rings is 1. The number of rotatable bonds is 5. The van der Waals surface area contributed by atoms with Gasteiger partial charge in [-0.3, -0.25) is 4.90 Å². The molecule has 0 aliphatic heterocycles. The van der Waals surface area contributed by atoms with E-state index in [-0.39, 0.29) is 0 Å². The third kappa shape index (κ3) is 2.74. The van der Waals surface area contributed by atoms with Crippen molar-refractivity contribution in [2.75, 3.05) is 13.1 Å². The maximum absolute atomic E-state index is 10.2. The molecule has 3 nitrogen and oxygen atoms in total. The first-order valence-electron chi connectivity index (χ1n) is 6.52. The number of para-hydroxylation sites is 1. The summed E-state index contributed by atoms with van der Waals surface area (Å²) in [6.45, 7) is 7.90. The van der Waals surface area contributed by atoms with Crippen molar-refractivity contribution in [1.29, 1.82) is 0 Å². The van der Waals surface area contributed by atoms with Crippen molar-refractivity contribution in [2.45, 2.75) is 32.9 Å². The molecule has 1 heterocycles. The minimum atomic E-state index is -0.570. The third-order valence-electron chi connectivity index (χ3n) is 3.32. The first-order chi connectivity index (χ1) is 8.61. The fraction of sp³-hybridized carbons (Fsp3) is 0.467. The molecule has 1 aromatic carbocycles. The lowest BCUT2D eigenvalue weighted by Crippen LogP contribution is -2.34. The van der Waals surface area contributed by atoms with Crippen molar-refractivity contribution in [3.63, 3.8) is 0 Å². The lowest BCUT2D eigenvalue weighted by molar-refractivity contribution is 0.0840. The number of hydrogen-bond donors (Lipinski definition) is 1. The molecule has 1 atom stereocenters. The Morgan fingerprint density at radius 3 is 2.61 bits per heavy atom. The van der Waals surface area contributed by atoms with Gasteiger partial charge in [0.1, 0.15) is 17.4 Å². The fourth-order valence-electron chi connectivity index (χ4n) is 2.18. The van der Waals surface area contributed by atoms with Crippen molar-refractivity contribution in [1.82, 2.24) is 4.90 Å². The summed E-state index contributed by atoms with van der Waals surface area (Å²) in [5.41, 5.74) is 0.833. The molecule has 3 heteroatoms. The van der Waals surface area contributed by atoms with Crippen LogP contribution in [0, 0.1) is 0 Å². The predicted octanol–water partition coefficient (Wildman–Crippen LogP) is 3.20. The minimum absolute atomic E-state index is 0.425. The molecular formula is C15H21NO2. The van der Waals surface area contributed by atoms with Gasteiger partial charge >= 0.3 is 0 Å². The molecule has 0 amide bonds. The molecule has 1 unspecified atom stereocenters. The normalized spacial score (nSPS) is 13.7. The SMILES string of the molecule is CCN(CC(O)c1cc2ccccc2o1)C(C)C. The van der Waals surface area contributed by atoms with Crippen LogP contribution in [0.2, 0.25) is 0 Å². The maximum atomic E-state index is 10.2. The van der Waals surface area contributed by atoms with Gasteiger partial charge in [-0.25, -0.2) is 0 Å². The van der Waals surface area contributed by atoms with Crippen LogP contribution in [0.4, 0.5) is 0 Å². The number of hydrogen-bond acceptors (Lipinski definition) is 3. The highest BCUT2D eigenvalue weighted by Gasteiger charge is 2.18. The summed E-state index contributed by atoms with van der Waals surface area (Å²) in [5, 5.41) is 11.3. The Bertz CT molecular complexity index is 471. The van der Waals surface area contributed by atoms with Crippen molar-refractivity contribution in [2.24, 2.45) is 0 Å². The van der Waals surface area contributed by atoms with Gasteiger partial charge in [-0.2, -0.15) is 0 Å². The Kier molecular flexibility index (Phi) is 4.04. The van der Waals surface area contributed by atoms with Crippen molar-refractivity contribution in [3.8, 4) is 0 Å². The van der Waals surface area contributed by atoms with Gasteiger partial charge in [-0.15, -0.1) is 0 Å². The van der Waals surface area contributed by atoms with E-state index >= 15 is 0 Å². The summed E-state index contributed by atoms with van der Waals surface area (Å²) in [6.07, 6.45) is -0.570. The maximum Gasteiger partial charge on any atom is 0.135 e. The molecule has 1 N–H and O–H groups in total. The van der Waals surface area contributed by atoms with Gasteiger partial charge < -0.3 is 9.52 Å². The number of fused-ring (bicyclic) bond motifs is 1. The second kappa shape index (κ2) is 5.55. The molecule has 0 spiro atoms. The molecule has 0 aliphatic carbocycles. The zero-order chi connectivity index (χ0) is 13.1. The number of benzene rings is 1. The average molecular weight is 247 g/mol. The molecule has 2 aromatic rings. The summed E-state index contributed by atoms with van der Waals surface area (Å²) >= 11 is 0. The van der Waals surface area contributed by atoms with Crippen LogP contribution in [-0.4, -0.2) is 29.1 Å². The summed E-state index contributed by atoms with van der Waals surface area (Å²) in [6, 6.07) is 10.2. The van der Waals surface area contributed by atoms with Crippen LogP contribution >= 0.6 is 0 Å². The van der Waals surface area contributed by atoms with Crippen LogP contribution in [0.25, 0.3) is 11.0 Å². The van der Waals surface area contributed by atoms with Crippen LogP contribution < -0.4 is 0 Å². The van der Waals surface area contributed by atoms with Crippen LogP contribution in [0.15, 0.2) is 34.7 Å². The highest BCUT2D eigenvalue weighted by molar-refractivity contribution is 5.77. The lowest BCUT2D eigenvalue weighted by atomic mass is 10.2. The van der Waals surface area contributed by atoms with Gasteiger partial charge in [0.25, 0.3) is 0 Å². The Balaban J connectivity index is 2.15. The molecule has 2 rings (SSSR count). The fourth-order valence-corrected chi connectivity index (χ4v) is 2.18. The summed E-state index contributed by atoms with van der Waals surface area (Å²) in [5.74, 6) is 0.648. The van der Waals surface area contributed by atoms with Crippen LogP contribution in [-0.2, 0) is 0 Å². The van der Waals surface area contributed by atoms with E-state index in [1.165, 1.54) is 0 Å². The lowest BCUT2D eigenvalue weighted by Gasteiger charge is -2.26. The van der Waals surface area contributed by atoms with Crippen LogP contribution in [0.5, 0.6) is 0 Å². The highest BCUT2D eigenvalue weighted by Crippen LogP contribution is 2.24. The second-order valence-corrected chi connectivity index (χ2v) is 4.88. The Labute approximate surface area is 108 Å². The van der Waals surface area contributed by atoms with Gasteiger partial charge in [0.15, 0.2) is 0 Å². The molecular weight excluding hydrogens is 226 g/mol. The number of nitrogens with zero attached hydrogens (tertiary/aromatic N) is 1. The van der Waals surface area contributed by atoms with Crippen LogP contribution in [0.3, 0.4) is 0 Å². The second-order valence-electron chi connectivity index (χ2n) is 4.88. The molecule has 0 saturated carbocycles. The van der Waals surface area contributed by atoms with Crippen molar-refractivity contribution in [3.05, 3.63) is 36.1 Å². The number of aliphatic hydroxyl groups excluding tert-OH is 1. The Morgan fingerprint density at radius 2 is 2.00 bits per heavy atom. The Morgan fingerprint density at radius 1 is 1.28 bits per heavy atom. The van der Waals surface area contributed by atoms with E-state index in [0.717, 1.165) is 17.5 Å². The van der Waals surface area contributed by atoms with E-state index in [1.54, 1.807) is 0 Å². The van der Waals surface area contributed by atoms with Gasteiger partial charge in [0.2, 0.25) is 0 Å². The zero-order valence-corrected chi connectivity index (χ0v) is 11.3. The van der Waals surface area contributed by atoms with E-state index in [1.807, 2.05) is 30.3 Å². The van der Waals surface area contributed by atoms with Gasteiger partial charge in [-0.05, 0) is 32.5 Å². The van der Waals surface area contributed by atoms with E-state index < -0.39 is 6.10 Å². The van der Waals surface area contributed by atoms with Gasteiger partial charge in [0, 0.05) is 18.0 Å². The molecule has 98 valence electrons. The summed E-state index contributed by atoms with van der Waals surface area (Å²) in [7, 11) is 0. The largest absolute Gasteiger partial charge is 0.458 e. The summed E-state index contributed by atoms with van der Waals surface area (Å²) < 4.78 is 5.68. The number of aliphatic hydroxyl groups is 1. The molecule has 0 saturated heterocycles. The molecule has 0 bridgehead atoms. The molecule has 1 aromatic heterocycles. The molecule has 0 radical (unpaired) electrons. The topological polar surface area (TPSA) is 36.6 Å². The summed E-state index contributed by atoms with van der Waals surface area (Å²) in [4.78, 5) is 2.22. The van der Waals surface area contributed by atoms with E-state index in [0.29, 0.717) is 18.3 Å². The first kappa shape index (κ1) is 13.1. The molecule has 0 aliphatic rings. The zero-order valence-electron chi connectivity index (χ0n) is 11.3. The molecule has 0 fully saturated rings. The average Bonchev–Trinajstić information content (AvgIpc) is 2.79. The molecule has 18 heavy (non-hydrogen) atoms. The van der Waals surface area contributed by atoms with E-state index in [2.05, 4.69) is 25.7 Å². The highest BCUT2D eigenvalue weighted by atomic mass is 16.4. The van der Waals surface area contributed by atoms with Crippen LogP contribution in [0.1, 0.15) is 32.6 Å². The van der Waals surface area contributed by atoms with Crippen molar-refractivity contribution < 1.29 is 9.52 Å². The van der Waals surface area contributed by atoms with Gasteiger partial charge in [0.05, 0.1) is 0 Å². The Hall–Kier alpha value is -1.32.